The standard InChI is InChI=1S/C22H35N3O3/c1-20(2,3)24-18(26)16-6-14-5-15(14)25(16)19(27)17(23)21-7-12-4-13(8-21)10-22(28,9-12)11-21/h12-17,28H,4-11,23H2,1-3H3,(H,24,26)/t12-,13+,14-,15-,16-,17+,21?,22?/m0/s1. The van der Waals surface area contributed by atoms with Crippen molar-refractivity contribution in [3.8, 4) is 0 Å². The number of aliphatic hydroxyl groups is 1. The molecule has 0 radical (unpaired) electrons. The van der Waals surface area contributed by atoms with Crippen LogP contribution in [0.3, 0.4) is 0 Å². The second-order valence-corrected chi connectivity index (χ2v) is 11.8. The lowest BCUT2D eigenvalue weighted by atomic mass is 9.46. The van der Waals surface area contributed by atoms with Crippen LogP contribution in [0.25, 0.3) is 0 Å². The van der Waals surface area contributed by atoms with Gasteiger partial charge in [0.2, 0.25) is 11.8 Å². The van der Waals surface area contributed by atoms with Gasteiger partial charge in [0.05, 0.1) is 11.6 Å². The minimum atomic E-state index is -0.627. The molecule has 0 aromatic rings. The van der Waals surface area contributed by atoms with E-state index in [1.54, 1.807) is 0 Å². The van der Waals surface area contributed by atoms with Crippen LogP contribution in [0.4, 0.5) is 0 Å². The molecule has 1 heterocycles. The number of carbonyl (C=O) groups excluding carboxylic acids is 2. The second kappa shape index (κ2) is 5.72. The average Bonchev–Trinajstić information content (AvgIpc) is 3.19. The predicted octanol–water partition coefficient (Wildman–Crippen LogP) is 1.55. The quantitative estimate of drug-likeness (QED) is 0.682. The fourth-order valence-electron chi connectivity index (χ4n) is 7.53. The molecule has 5 aliphatic carbocycles. The van der Waals surface area contributed by atoms with Crippen LogP contribution in [0.1, 0.15) is 72.1 Å². The summed E-state index contributed by atoms with van der Waals surface area (Å²) in [5, 5.41) is 14.1. The second-order valence-electron chi connectivity index (χ2n) is 11.8. The van der Waals surface area contributed by atoms with Gasteiger partial charge in [-0.15, -0.1) is 0 Å². The summed E-state index contributed by atoms with van der Waals surface area (Å²) in [7, 11) is 0. The van der Waals surface area contributed by atoms with Gasteiger partial charge in [-0.25, -0.2) is 0 Å². The highest BCUT2D eigenvalue weighted by atomic mass is 16.3. The summed E-state index contributed by atoms with van der Waals surface area (Å²) in [6.45, 7) is 5.90. The van der Waals surface area contributed by atoms with Gasteiger partial charge in [0.1, 0.15) is 6.04 Å². The molecule has 1 aliphatic heterocycles. The fourth-order valence-corrected chi connectivity index (χ4v) is 7.53. The van der Waals surface area contributed by atoms with E-state index in [0.29, 0.717) is 24.2 Å². The summed E-state index contributed by atoms with van der Waals surface area (Å²) in [5.41, 5.74) is 5.47. The Morgan fingerprint density at radius 1 is 1.11 bits per heavy atom. The number of rotatable bonds is 3. The van der Waals surface area contributed by atoms with E-state index in [4.69, 9.17) is 5.73 Å². The van der Waals surface area contributed by atoms with Crippen LogP contribution in [-0.4, -0.2) is 51.1 Å². The van der Waals surface area contributed by atoms with Crippen LogP contribution in [0.5, 0.6) is 0 Å². The van der Waals surface area contributed by atoms with E-state index in [9.17, 15) is 14.7 Å². The first-order chi connectivity index (χ1) is 13.0. The number of fused-ring (bicyclic) bond motifs is 1. The normalized spacial score (nSPS) is 47.0. The van der Waals surface area contributed by atoms with Crippen molar-refractivity contribution in [2.24, 2.45) is 28.9 Å². The van der Waals surface area contributed by atoms with Gasteiger partial charge in [-0.05, 0) is 95.3 Å². The molecule has 5 saturated carbocycles. The predicted molar refractivity (Wildman–Crippen MR) is 105 cm³/mol. The highest BCUT2D eigenvalue weighted by molar-refractivity contribution is 5.92. The summed E-state index contributed by atoms with van der Waals surface area (Å²) in [6.07, 6.45) is 7.25. The number of nitrogens with zero attached hydrogens (tertiary/aromatic N) is 1. The van der Waals surface area contributed by atoms with Crippen LogP contribution in [0.15, 0.2) is 0 Å². The van der Waals surface area contributed by atoms with Crippen LogP contribution in [0.2, 0.25) is 0 Å². The van der Waals surface area contributed by atoms with Crippen molar-refractivity contribution in [1.82, 2.24) is 10.2 Å². The molecule has 156 valence electrons. The molecule has 8 atom stereocenters. The average molecular weight is 390 g/mol. The van der Waals surface area contributed by atoms with Crippen molar-refractivity contribution in [3.05, 3.63) is 0 Å². The third-order valence-electron chi connectivity index (χ3n) is 8.16. The number of amides is 2. The minimum Gasteiger partial charge on any atom is -0.390 e. The Bertz CT molecular complexity index is 700. The monoisotopic (exact) mass is 389 g/mol. The van der Waals surface area contributed by atoms with Crippen LogP contribution in [0, 0.1) is 23.2 Å². The van der Waals surface area contributed by atoms with Gasteiger partial charge in [-0.1, -0.05) is 0 Å². The Balaban J connectivity index is 1.37. The Morgan fingerprint density at radius 3 is 2.32 bits per heavy atom. The van der Waals surface area contributed by atoms with Gasteiger partial charge >= 0.3 is 0 Å². The number of hydrogen-bond acceptors (Lipinski definition) is 4. The van der Waals surface area contributed by atoms with E-state index >= 15 is 0 Å². The number of carbonyl (C=O) groups is 2. The Labute approximate surface area is 167 Å². The van der Waals surface area contributed by atoms with E-state index < -0.39 is 17.7 Å². The first-order valence-electron chi connectivity index (χ1n) is 11.1. The van der Waals surface area contributed by atoms with E-state index in [0.717, 1.165) is 38.5 Å². The first-order valence-corrected chi connectivity index (χ1v) is 11.1. The summed E-state index contributed by atoms with van der Waals surface area (Å²) >= 11 is 0. The van der Waals surface area contributed by atoms with Crippen LogP contribution >= 0.6 is 0 Å². The van der Waals surface area contributed by atoms with Crippen LogP contribution < -0.4 is 11.1 Å². The van der Waals surface area contributed by atoms with Crippen molar-refractivity contribution in [2.45, 2.75) is 101 Å². The van der Waals surface area contributed by atoms with Crippen molar-refractivity contribution in [2.75, 3.05) is 0 Å². The maximum Gasteiger partial charge on any atom is 0.243 e. The van der Waals surface area contributed by atoms with Gasteiger partial charge < -0.3 is 21.1 Å². The van der Waals surface area contributed by atoms with Gasteiger partial charge in [0.15, 0.2) is 0 Å². The molecular formula is C22H35N3O3. The zero-order chi connectivity index (χ0) is 20.1. The molecular weight excluding hydrogens is 354 g/mol. The Hall–Kier alpha value is -1.14. The summed E-state index contributed by atoms with van der Waals surface area (Å²) < 4.78 is 0. The molecule has 4 bridgehead atoms. The van der Waals surface area contributed by atoms with Gasteiger partial charge in [-0.2, -0.15) is 0 Å². The van der Waals surface area contributed by atoms with Gasteiger partial charge in [-0.3, -0.25) is 9.59 Å². The molecule has 6 nitrogen and oxygen atoms in total. The van der Waals surface area contributed by atoms with Crippen molar-refractivity contribution in [3.63, 3.8) is 0 Å². The molecule has 4 N–H and O–H groups in total. The van der Waals surface area contributed by atoms with Crippen LogP contribution in [-0.2, 0) is 9.59 Å². The molecule has 1 saturated heterocycles. The summed E-state index contributed by atoms with van der Waals surface area (Å²) in [5.74, 6) is 1.34. The van der Waals surface area contributed by atoms with E-state index in [2.05, 4.69) is 5.32 Å². The molecule has 0 aromatic carbocycles. The van der Waals surface area contributed by atoms with E-state index in [1.807, 2.05) is 25.7 Å². The molecule has 6 fully saturated rings. The van der Waals surface area contributed by atoms with Crippen molar-refractivity contribution >= 4 is 11.8 Å². The SMILES string of the molecule is CC(C)(C)NC(=O)[C@@H]1C[C@@H]2C[C@@H]2N1C(=O)[C@@H](N)C12C[C@@H]3C[C@@H](CC(O)(C3)C1)C2. The number of likely N-dealkylation sites (tertiary alicyclic amines) is 1. The van der Waals surface area contributed by atoms with E-state index in [1.165, 1.54) is 6.42 Å². The molecule has 28 heavy (non-hydrogen) atoms. The largest absolute Gasteiger partial charge is 0.390 e. The molecule has 0 spiro atoms. The zero-order valence-corrected chi connectivity index (χ0v) is 17.4. The first kappa shape index (κ1) is 18.9. The number of nitrogens with one attached hydrogen (secondary N) is 1. The molecule has 6 aliphatic rings. The maximum atomic E-state index is 13.6. The van der Waals surface area contributed by atoms with Gasteiger partial charge in [0, 0.05) is 11.6 Å². The van der Waals surface area contributed by atoms with E-state index in [-0.39, 0.29) is 28.8 Å². The third kappa shape index (κ3) is 2.90. The highest BCUT2D eigenvalue weighted by Gasteiger charge is 2.63. The molecule has 2 unspecified atom stereocenters. The maximum absolute atomic E-state index is 13.6. The Morgan fingerprint density at radius 2 is 1.75 bits per heavy atom. The fraction of sp³-hybridized carbons (Fsp3) is 0.909. The highest BCUT2D eigenvalue weighted by Crippen LogP contribution is 2.63. The molecule has 0 aromatic heterocycles. The third-order valence-corrected chi connectivity index (χ3v) is 8.16. The van der Waals surface area contributed by atoms with Crippen molar-refractivity contribution < 1.29 is 14.7 Å². The Kier molecular flexibility index (Phi) is 3.85. The summed E-state index contributed by atoms with van der Waals surface area (Å²) in [6, 6.07) is -0.806. The number of piperidine rings is 1. The zero-order valence-electron chi connectivity index (χ0n) is 17.4. The smallest absolute Gasteiger partial charge is 0.243 e. The number of nitrogens with two attached hydrogens (primary N) is 1. The molecule has 6 rings (SSSR count). The lowest BCUT2D eigenvalue weighted by Crippen LogP contribution is -2.65. The topological polar surface area (TPSA) is 95.7 Å². The lowest BCUT2D eigenvalue weighted by molar-refractivity contribution is -0.178. The minimum absolute atomic E-state index is 0.0513. The lowest BCUT2D eigenvalue weighted by Gasteiger charge is -2.61. The molecule has 2 amide bonds. The van der Waals surface area contributed by atoms with Gasteiger partial charge in [0.25, 0.3) is 0 Å². The number of hydrogen-bond donors (Lipinski definition) is 3. The molecule has 6 heteroatoms. The van der Waals surface area contributed by atoms with Crippen molar-refractivity contribution in [1.29, 1.82) is 0 Å². The summed E-state index contributed by atoms with van der Waals surface area (Å²) in [4.78, 5) is 28.3.